The number of carbonyl (C=O) groups is 2. The van der Waals surface area contributed by atoms with Gasteiger partial charge in [0, 0.05) is 0 Å². The molecule has 0 saturated carbocycles. The Bertz CT molecular complexity index is 395. The summed E-state index contributed by atoms with van der Waals surface area (Å²) in [5.74, 6) is -0.746. The summed E-state index contributed by atoms with van der Waals surface area (Å²) < 4.78 is 4.81. The van der Waals surface area contributed by atoms with Crippen molar-refractivity contribution in [3.8, 4) is 0 Å². The van der Waals surface area contributed by atoms with Crippen molar-refractivity contribution in [2.45, 2.75) is 19.6 Å². The highest BCUT2D eigenvalue weighted by atomic mass is 16.6. The summed E-state index contributed by atoms with van der Waals surface area (Å²) in [7, 11) is 0. The van der Waals surface area contributed by atoms with Gasteiger partial charge in [-0.15, -0.1) is 0 Å². The predicted molar refractivity (Wildman–Crippen MR) is 66.0 cm³/mol. The van der Waals surface area contributed by atoms with Crippen LogP contribution >= 0.6 is 0 Å². The lowest BCUT2D eigenvalue weighted by Crippen LogP contribution is -2.46. The Balaban J connectivity index is 2.27. The van der Waals surface area contributed by atoms with Crippen LogP contribution in [0.1, 0.15) is 12.5 Å². The van der Waals surface area contributed by atoms with E-state index in [9.17, 15) is 9.59 Å². The van der Waals surface area contributed by atoms with Gasteiger partial charge in [-0.05, 0) is 12.5 Å². The fourth-order valence-corrected chi connectivity index (χ4v) is 1.28. The lowest BCUT2D eigenvalue weighted by molar-refractivity contribution is -0.149. The van der Waals surface area contributed by atoms with Gasteiger partial charge in [0.05, 0.1) is 13.0 Å². The molecule has 0 aliphatic carbocycles. The Morgan fingerprint density at radius 3 is 2.61 bits per heavy atom. The predicted octanol–water partition coefficient (Wildman–Crippen LogP) is -0.302. The van der Waals surface area contributed by atoms with Crippen molar-refractivity contribution in [2.24, 2.45) is 5.73 Å². The van der Waals surface area contributed by atoms with Crippen molar-refractivity contribution in [1.82, 2.24) is 10.9 Å². The number of carbonyl (C=O) groups excluding carboxylic acids is 2. The monoisotopic (exact) mass is 251 g/mol. The first kappa shape index (κ1) is 14.1. The second-order valence-electron chi connectivity index (χ2n) is 3.69. The summed E-state index contributed by atoms with van der Waals surface area (Å²) >= 11 is 0. The summed E-state index contributed by atoms with van der Waals surface area (Å²) in [5, 5.41) is 0. The molecule has 18 heavy (non-hydrogen) atoms. The molecule has 4 N–H and O–H groups in total. The summed E-state index contributed by atoms with van der Waals surface area (Å²) in [6, 6.07) is 9.33. The molecular formula is C12H17N3O3. The maximum absolute atomic E-state index is 11.5. The van der Waals surface area contributed by atoms with Gasteiger partial charge in [0.15, 0.2) is 6.23 Å². The van der Waals surface area contributed by atoms with Crippen molar-refractivity contribution >= 4 is 11.9 Å². The van der Waals surface area contributed by atoms with Gasteiger partial charge in [-0.2, -0.15) is 5.43 Å². The maximum atomic E-state index is 11.5. The van der Waals surface area contributed by atoms with Gasteiger partial charge >= 0.3 is 5.97 Å². The minimum absolute atomic E-state index is 0.190. The zero-order chi connectivity index (χ0) is 13.4. The number of hydrogen-bond acceptors (Lipinski definition) is 5. The van der Waals surface area contributed by atoms with Crippen LogP contribution in [0.3, 0.4) is 0 Å². The second-order valence-corrected chi connectivity index (χ2v) is 3.69. The average Bonchev–Trinajstić information content (AvgIpc) is 2.37. The van der Waals surface area contributed by atoms with Gasteiger partial charge in [-0.3, -0.25) is 15.0 Å². The number of hydrogen-bond donors (Lipinski definition) is 3. The molecule has 0 bridgehead atoms. The van der Waals surface area contributed by atoms with E-state index < -0.39 is 12.2 Å². The molecule has 0 saturated heterocycles. The summed E-state index contributed by atoms with van der Waals surface area (Å²) in [5.41, 5.74) is 11.0. The molecule has 1 atom stereocenters. The zero-order valence-corrected chi connectivity index (χ0v) is 10.2. The van der Waals surface area contributed by atoms with Gasteiger partial charge in [-0.25, -0.2) is 0 Å². The van der Waals surface area contributed by atoms with Gasteiger partial charge < -0.3 is 10.5 Å². The van der Waals surface area contributed by atoms with E-state index in [-0.39, 0.29) is 18.9 Å². The number of hydrazine groups is 1. The Morgan fingerprint density at radius 1 is 1.33 bits per heavy atom. The smallest absolute Gasteiger partial charge is 0.321 e. The number of benzene rings is 1. The third-order valence-electron chi connectivity index (χ3n) is 2.10. The first-order valence-corrected chi connectivity index (χ1v) is 5.59. The van der Waals surface area contributed by atoms with Crippen LogP contribution in [-0.4, -0.2) is 24.6 Å². The van der Waals surface area contributed by atoms with Crippen molar-refractivity contribution in [3.05, 3.63) is 35.9 Å². The van der Waals surface area contributed by atoms with Crippen LogP contribution in [0.15, 0.2) is 30.3 Å². The van der Waals surface area contributed by atoms with Gasteiger partial charge in [-0.1, -0.05) is 30.3 Å². The minimum atomic E-state index is -0.624. The number of nitrogens with two attached hydrogens (primary N) is 1. The van der Waals surface area contributed by atoms with Gasteiger partial charge in [0.1, 0.15) is 0 Å². The normalized spacial score (nSPS) is 11.7. The van der Waals surface area contributed by atoms with E-state index in [2.05, 4.69) is 10.9 Å². The standard InChI is InChI=1S/C12H17N3O3/c1-9(18-12(17)8-13)14-15-11(16)7-10-5-3-2-4-6-10/h2-6,9,14H,7-8,13H2,1H3,(H,15,16). The molecule has 0 fully saturated rings. The fraction of sp³-hybridized carbons (Fsp3) is 0.333. The van der Waals surface area contributed by atoms with Crippen LogP contribution < -0.4 is 16.6 Å². The number of nitrogens with one attached hydrogen (secondary N) is 2. The molecule has 1 rings (SSSR count). The number of amides is 1. The lowest BCUT2D eigenvalue weighted by Gasteiger charge is -2.15. The molecule has 1 aromatic rings. The van der Waals surface area contributed by atoms with Crippen LogP contribution in [-0.2, 0) is 20.7 Å². The molecule has 0 aromatic heterocycles. The topological polar surface area (TPSA) is 93.5 Å². The molecule has 0 spiro atoms. The number of rotatable bonds is 6. The van der Waals surface area contributed by atoms with Gasteiger partial charge in [0.2, 0.25) is 5.91 Å². The molecule has 6 nitrogen and oxygen atoms in total. The Morgan fingerprint density at radius 2 is 2.00 bits per heavy atom. The molecular weight excluding hydrogens is 234 g/mol. The molecule has 0 heterocycles. The van der Waals surface area contributed by atoms with Crippen LogP contribution in [0.4, 0.5) is 0 Å². The molecule has 98 valence electrons. The van der Waals surface area contributed by atoms with Crippen LogP contribution in [0, 0.1) is 0 Å². The Hall–Kier alpha value is -1.92. The molecule has 6 heteroatoms. The summed E-state index contributed by atoms with van der Waals surface area (Å²) in [6.45, 7) is 1.40. The highest BCUT2D eigenvalue weighted by molar-refractivity contribution is 5.78. The van der Waals surface area contributed by atoms with E-state index in [1.54, 1.807) is 6.92 Å². The van der Waals surface area contributed by atoms with Gasteiger partial charge in [0.25, 0.3) is 0 Å². The van der Waals surface area contributed by atoms with E-state index >= 15 is 0 Å². The molecule has 1 amide bonds. The molecule has 0 aliphatic heterocycles. The molecule has 1 unspecified atom stereocenters. The van der Waals surface area contributed by atoms with E-state index in [0.29, 0.717) is 0 Å². The summed E-state index contributed by atoms with van der Waals surface area (Å²) in [6.07, 6.45) is -0.369. The Kier molecular flexibility index (Phi) is 5.83. The third kappa shape index (κ3) is 5.42. The van der Waals surface area contributed by atoms with Crippen LogP contribution in [0.5, 0.6) is 0 Å². The van der Waals surface area contributed by atoms with E-state index in [4.69, 9.17) is 10.5 Å². The lowest BCUT2D eigenvalue weighted by atomic mass is 10.1. The first-order chi connectivity index (χ1) is 8.61. The minimum Gasteiger partial charge on any atom is -0.444 e. The Labute approximate surface area is 105 Å². The second kappa shape index (κ2) is 7.41. The third-order valence-corrected chi connectivity index (χ3v) is 2.10. The fourth-order valence-electron chi connectivity index (χ4n) is 1.28. The van der Waals surface area contributed by atoms with E-state index in [1.807, 2.05) is 30.3 Å². The number of ether oxygens (including phenoxy) is 1. The van der Waals surface area contributed by atoms with Crippen molar-refractivity contribution in [2.75, 3.05) is 6.54 Å². The zero-order valence-electron chi connectivity index (χ0n) is 10.2. The molecule has 0 aliphatic rings. The summed E-state index contributed by atoms with van der Waals surface area (Å²) in [4.78, 5) is 22.4. The van der Waals surface area contributed by atoms with Crippen molar-refractivity contribution < 1.29 is 14.3 Å². The number of esters is 1. The quantitative estimate of drug-likeness (QED) is 0.366. The highest BCUT2D eigenvalue weighted by Gasteiger charge is 2.08. The van der Waals surface area contributed by atoms with E-state index in [0.717, 1.165) is 5.56 Å². The molecule has 1 aromatic carbocycles. The van der Waals surface area contributed by atoms with Crippen molar-refractivity contribution in [3.63, 3.8) is 0 Å². The van der Waals surface area contributed by atoms with Crippen LogP contribution in [0.2, 0.25) is 0 Å². The highest BCUT2D eigenvalue weighted by Crippen LogP contribution is 1.98. The molecule has 0 radical (unpaired) electrons. The van der Waals surface area contributed by atoms with Crippen LogP contribution in [0.25, 0.3) is 0 Å². The van der Waals surface area contributed by atoms with E-state index in [1.165, 1.54) is 0 Å². The SMILES string of the molecule is CC(NNC(=O)Cc1ccccc1)OC(=O)CN. The first-order valence-electron chi connectivity index (χ1n) is 5.59. The maximum Gasteiger partial charge on any atom is 0.321 e. The largest absolute Gasteiger partial charge is 0.444 e. The average molecular weight is 251 g/mol. The van der Waals surface area contributed by atoms with Crippen molar-refractivity contribution in [1.29, 1.82) is 0 Å².